The van der Waals surface area contributed by atoms with Crippen LogP contribution in [0, 0.1) is 40.4 Å². The van der Waals surface area contributed by atoms with Crippen molar-refractivity contribution in [3.63, 3.8) is 0 Å². The second kappa shape index (κ2) is 4.84. The van der Waals surface area contributed by atoms with Crippen molar-refractivity contribution in [2.75, 3.05) is 0 Å². The van der Waals surface area contributed by atoms with Gasteiger partial charge >= 0.3 is 0 Å². The molecule has 23 heavy (non-hydrogen) atoms. The van der Waals surface area contributed by atoms with Gasteiger partial charge in [-0.25, -0.2) is 0 Å². The molecule has 130 valence electrons. The van der Waals surface area contributed by atoms with E-state index >= 15 is 0 Å². The van der Waals surface area contributed by atoms with E-state index in [2.05, 4.69) is 27.7 Å². The van der Waals surface area contributed by atoms with Gasteiger partial charge in [0.25, 0.3) is 0 Å². The van der Waals surface area contributed by atoms with E-state index in [-0.39, 0.29) is 5.41 Å². The lowest BCUT2D eigenvalue weighted by Gasteiger charge is -2.62. The summed E-state index contributed by atoms with van der Waals surface area (Å²) in [4.78, 5) is 12.1. The lowest BCUT2D eigenvalue weighted by molar-refractivity contribution is -0.165. The Morgan fingerprint density at radius 2 is 1.65 bits per heavy atom. The summed E-state index contributed by atoms with van der Waals surface area (Å²) in [6, 6.07) is 0. The van der Waals surface area contributed by atoms with Gasteiger partial charge in [0.15, 0.2) is 0 Å². The van der Waals surface area contributed by atoms with E-state index < -0.39 is 5.60 Å². The van der Waals surface area contributed by atoms with Crippen LogP contribution in [0.4, 0.5) is 0 Å². The Bertz CT molecular complexity index is 524. The van der Waals surface area contributed by atoms with Crippen LogP contribution in [0.5, 0.6) is 0 Å². The van der Waals surface area contributed by atoms with Crippen LogP contribution in [0.25, 0.3) is 0 Å². The minimum Gasteiger partial charge on any atom is -0.390 e. The van der Waals surface area contributed by atoms with Gasteiger partial charge in [-0.3, -0.25) is 4.79 Å². The topological polar surface area (TPSA) is 37.3 Å². The SMILES string of the molecule is C[C@H]1CC(=O)C[C@@H]2CC[C@@H]3[C@H](CC[C@@]4(C)[C@H]3CC[C@@]4(C)O)[C@]21C. The molecule has 0 aliphatic heterocycles. The molecule has 0 heterocycles. The van der Waals surface area contributed by atoms with Crippen molar-refractivity contribution in [1.29, 1.82) is 0 Å². The Morgan fingerprint density at radius 3 is 2.39 bits per heavy atom. The summed E-state index contributed by atoms with van der Waals surface area (Å²) < 4.78 is 0. The monoisotopic (exact) mass is 318 g/mol. The molecule has 0 aromatic carbocycles. The highest BCUT2D eigenvalue weighted by Gasteiger charge is 2.64. The Hall–Kier alpha value is -0.370. The molecule has 1 N–H and O–H groups in total. The summed E-state index contributed by atoms with van der Waals surface area (Å²) in [6.07, 6.45) is 8.79. The highest BCUT2D eigenvalue weighted by Crippen LogP contribution is 2.68. The largest absolute Gasteiger partial charge is 0.390 e. The molecule has 0 saturated heterocycles. The third-order valence-corrected chi connectivity index (χ3v) is 9.60. The van der Waals surface area contributed by atoms with E-state index in [9.17, 15) is 9.90 Å². The van der Waals surface area contributed by atoms with Gasteiger partial charge in [0.05, 0.1) is 5.60 Å². The van der Waals surface area contributed by atoms with Crippen LogP contribution in [-0.4, -0.2) is 16.5 Å². The molecule has 0 aromatic heterocycles. The molecular weight excluding hydrogens is 284 g/mol. The molecule has 4 aliphatic carbocycles. The molecule has 4 aliphatic rings. The van der Waals surface area contributed by atoms with Crippen LogP contribution in [0.15, 0.2) is 0 Å². The third kappa shape index (κ3) is 1.94. The summed E-state index contributed by atoms with van der Waals surface area (Å²) in [7, 11) is 0. The van der Waals surface area contributed by atoms with Crippen molar-refractivity contribution in [1.82, 2.24) is 0 Å². The Balaban J connectivity index is 1.68. The number of Topliss-reactive ketones (excluding diaryl/α,β-unsaturated/α-hetero) is 1. The normalized spacial score (nSPS) is 59.2. The minimum atomic E-state index is -0.478. The molecule has 2 heteroatoms. The summed E-state index contributed by atoms with van der Waals surface area (Å²) in [5.41, 5.74) is -0.00771. The molecule has 0 aromatic rings. The van der Waals surface area contributed by atoms with Crippen LogP contribution in [-0.2, 0) is 4.79 Å². The summed E-state index contributed by atoms with van der Waals surface area (Å²) in [5, 5.41) is 11.0. The van der Waals surface area contributed by atoms with E-state index in [4.69, 9.17) is 0 Å². The van der Waals surface area contributed by atoms with Crippen molar-refractivity contribution in [2.45, 2.75) is 84.7 Å². The molecule has 4 rings (SSSR count). The fourth-order valence-corrected chi connectivity index (χ4v) is 7.72. The predicted molar refractivity (Wildman–Crippen MR) is 91.9 cm³/mol. The Kier molecular flexibility index (Phi) is 3.39. The standard InChI is InChI=1S/C21H34O2/c1-13-11-15(22)12-14-5-6-16-17-8-10-20(3,23)19(17,2)9-7-18(16)21(13,14)4/h13-14,16-18,23H,5-12H2,1-4H3/t13-,14-,16-,17-,18-,19-,20+,21-/m0/s1. The second-order valence-electron chi connectivity index (χ2n) is 10.1. The smallest absolute Gasteiger partial charge is 0.133 e. The lowest BCUT2D eigenvalue weighted by Crippen LogP contribution is -2.58. The van der Waals surface area contributed by atoms with Crippen molar-refractivity contribution >= 4 is 5.78 Å². The molecular formula is C21H34O2. The zero-order valence-corrected chi connectivity index (χ0v) is 15.4. The van der Waals surface area contributed by atoms with Crippen LogP contribution in [0.2, 0.25) is 0 Å². The first-order valence-electron chi connectivity index (χ1n) is 9.94. The fraction of sp³-hybridized carbons (Fsp3) is 0.952. The van der Waals surface area contributed by atoms with Gasteiger partial charge in [-0.15, -0.1) is 0 Å². The number of fused-ring (bicyclic) bond motifs is 5. The van der Waals surface area contributed by atoms with E-state index in [1.807, 2.05) is 0 Å². The quantitative estimate of drug-likeness (QED) is 0.709. The van der Waals surface area contributed by atoms with Gasteiger partial charge in [-0.2, -0.15) is 0 Å². The first-order chi connectivity index (χ1) is 10.7. The number of carbonyl (C=O) groups excluding carboxylic acids is 1. The average Bonchev–Trinajstić information content (AvgIpc) is 2.71. The number of ketones is 1. The highest BCUT2D eigenvalue weighted by atomic mass is 16.3. The van der Waals surface area contributed by atoms with Gasteiger partial charge < -0.3 is 5.11 Å². The maximum atomic E-state index is 12.1. The van der Waals surface area contributed by atoms with Gasteiger partial charge in [-0.05, 0) is 85.9 Å². The fourth-order valence-electron chi connectivity index (χ4n) is 7.72. The van der Waals surface area contributed by atoms with Crippen LogP contribution in [0.3, 0.4) is 0 Å². The molecule has 4 fully saturated rings. The molecule has 2 nitrogen and oxygen atoms in total. The molecule has 0 radical (unpaired) electrons. The third-order valence-electron chi connectivity index (χ3n) is 9.60. The number of carbonyl (C=O) groups is 1. The average molecular weight is 319 g/mol. The Morgan fingerprint density at radius 1 is 0.957 bits per heavy atom. The van der Waals surface area contributed by atoms with Crippen molar-refractivity contribution in [2.24, 2.45) is 40.4 Å². The molecule has 0 spiro atoms. The van der Waals surface area contributed by atoms with Gasteiger partial charge in [-0.1, -0.05) is 20.8 Å². The second-order valence-corrected chi connectivity index (χ2v) is 10.1. The molecule has 4 saturated carbocycles. The Labute approximate surface area is 141 Å². The van der Waals surface area contributed by atoms with Crippen LogP contribution in [0.1, 0.15) is 79.1 Å². The van der Waals surface area contributed by atoms with Crippen molar-refractivity contribution in [3.8, 4) is 0 Å². The highest BCUT2D eigenvalue weighted by molar-refractivity contribution is 5.80. The molecule has 0 bridgehead atoms. The van der Waals surface area contributed by atoms with E-state index in [0.717, 1.165) is 31.1 Å². The van der Waals surface area contributed by atoms with Crippen molar-refractivity contribution in [3.05, 3.63) is 0 Å². The van der Waals surface area contributed by atoms with Gasteiger partial charge in [0.1, 0.15) is 5.78 Å². The number of hydrogen-bond donors (Lipinski definition) is 1. The van der Waals surface area contributed by atoms with E-state index in [1.54, 1.807) is 0 Å². The number of aliphatic hydroxyl groups is 1. The zero-order chi connectivity index (χ0) is 16.6. The van der Waals surface area contributed by atoms with Crippen LogP contribution < -0.4 is 0 Å². The van der Waals surface area contributed by atoms with Crippen molar-refractivity contribution < 1.29 is 9.90 Å². The first kappa shape index (κ1) is 16.1. The van der Waals surface area contributed by atoms with Gasteiger partial charge in [0, 0.05) is 12.8 Å². The zero-order valence-electron chi connectivity index (χ0n) is 15.4. The molecule has 0 unspecified atom stereocenters. The van der Waals surface area contributed by atoms with E-state index in [0.29, 0.717) is 29.0 Å². The summed E-state index contributed by atoms with van der Waals surface area (Å²) in [5.74, 6) is 3.90. The number of rotatable bonds is 0. The number of hydrogen-bond acceptors (Lipinski definition) is 2. The maximum Gasteiger partial charge on any atom is 0.133 e. The van der Waals surface area contributed by atoms with Gasteiger partial charge in [0.2, 0.25) is 0 Å². The summed E-state index contributed by atoms with van der Waals surface area (Å²) >= 11 is 0. The van der Waals surface area contributed by atoms with E-state index in [1.165, 1.54) is 32.1 Å². The minimum absolute atomic E-state index is 0.116. The predicted octanol–water partition coefficient (Wildman–Crippen LogP) is 4.60. The lowest BCUT2D eigenvalue weighted by atomic mass is 9.42. The molecule has 8 atom stereocenters. The summed E-state index contributed by atoms with van der Waals surface area (Å²) in [6.45, 7) is 9.30. The molecule has 0 amide bonds. The van der Waals surface area contributed by atoms with Crippen LogP contribution >= 0.6 is 0 Å². The maximum absolute atomic E-state index is 12.1. The first-order valence-corrected chi connectivity index (χ1v) is 9.94.